The van der Waals surface area contributed by atoms with E-state index in [-0.39, 0.29) is 6.29 Å². The van der Waals surface area contributed by atoms with E-state index in [1.165, 1.54) is 19.3 Å². The van der Waals surface area contributed by atoms with Crippen LogP contribution in [0.1, 0.15) is 59.3 Å². The molecule has 0 aromatic rings. The van der Waals surface area contributed by atoms with E-state index in [1.54, 1.807) is 0 Å². The van der Waals surface area contributed by atoms with E-state index in [0.717, 1.165) is 32.5 Å². The third kappa shape index (κ3) is 11.7. The molecule has 0 amide bonds. The van der Waals surface area contributed by atoms with Crippen LogP contribution in [0.25, 0.3) is 0 Å². The summed E-state index contributed by atoms with van der Waals surface area (Å²) in [6.45, 7) is 7.53. The average Bonchev–Trinajstić information content (AvgIpc) is 2.37. The van der Waals surface area contributed by atoms with Crippen molar-refractivity contribution >= 4 is 0 Å². The van der Waals surface area contributed by atoms with Crippen LogP contribution in [0.5, 0.6) is 0 Å². The molecule has 0 N–H and O–H groups in total. The van der Waals surface area contributed by atoms with Crippen LogP contribution in [-0.2, 0) is 9.47 Å². The number of ether oxygens (including phenoxy) is 2. The zero-order valence-corrected chi connectivity index (χ0v) is 12.2. The lowest BCUT2D eigenvalue weighted by Crippen LogP contribution is -2.17. The Morgan fingerprint density at radius 1 is 1.00 bits per heavy atom. The largest absolute Gasteiger partial charge is 0.353 e. The molecule has 0 saturated carbocycles. The highest BCUT2D eigenvalue weighted by Gasteiger charge is 2.06. The van der Waals surface area contributed by atoms with Crippen LogP contribution in [-0.4, -0.2) is 19.5 Å². The summed E-state index contributed by atoms with van der Waals surface area (Å²) in [5.74, 6) is 6.03. The first-order chi connectivity index (χ1) is 8.85. The fourth-order valence-corrected chi connectivity index (χ4v) is 1.64. The van der Waals surface area contributed by atoms with Crippen LogP contribution in [0.3, 0.4) is 0 Å². The molecule has 104 valence electrons. The monoisotopic (exact) mass is 252 g/mol. The summed E-state index contributed by atoms with van der Waals surface area (Å²) < 4.78 is 11.0. The van der Waals surface area contributed by atoms with Gasteiger partial charge >= 0.3 is 0 Å². The molecule has 0 aliphatic rings. The Bertz CT molecular complexity index is 242. The topological polar surface area (TPSA) is 18.5 Å². The molecule has 0 saturated heterocycles. The minimum atomic E-state index is -0.00837. The Labute approximate surface area is 113 Å². The highest BCUT2D eigenvalue weighted by Crippen LogP contribution is 2.09. The molecule has 0 radical (unpaired) electrons. The number of allylic oxidation sites excluding steroid dienone is 2. The Morgan fingerprint density at radius 2 is 1.72 bits per heavy atom. The van der Waals surface area contributed by atoms with Crippen molar-refractivity contribution in [2.75, 3.05) is 13.2 Å². The maximum atomic E-state index is 5.50. The van der Waals surface area contributed by atoms with Gasteiger partial charge in [0, 0.05) is 19.6 Å². The van der Waals surface area contributed by atoms with Crippen molar-refractivity contribution in [3.63, 3.8) is 0 Å². The second-order valence-corrected chi connectivity index (χ2v) is 4.06. The third-order valence-electron chi connectivity index (χ3n) is 2.50. The molecule has 0 atom stereocenters. The van der Waals surface area contributed by atoms with Crippen molar-refractivity contribution in [3.05, 3.63) is 12.2 Å². The van der Waals surface area contributed by atoms with Crippen molar-refractivity contribution in [3.8, 4) is 11.8 Å². The molecule has 0 aromatic heterocycles. The van der Waals surface area contributed by atoms with Gasteiger partial charge in [-0.2, -0.15) is 0 Å². The van der Waals surface area contributed by atoms with E-state index in [4.69, 9.17) is 9.47 Å². The van der Waals surface area contributed by atoms with Crippen molar-refractivity contribution in [1.29, 1.82) is 0 Å². The normalized spacial score (nSPS) is 10.9. The Balaban J connectivity index is 3.45. The molecular weight excluding hydrogens is 224 g/mol. The molecule has 0 heterocycles. The Kier molecular flexibility index (Phi) is 13.7. The summed E-state index contributed by atoms with van der Waals surface area (Å²) in [5, 5.41) is 0. The lowest BCUT2D eigenvalue weighted by atomic mass is 10.1. The van der Waals surface area contributed by atoms with Gasteiger partial charge in [-0.1, -0.05) is 31.3 Å². The maximum absolute atomic E-state index is 5.50. The standard InChI is InChI=1S/C16H28O2/c1-4-7-8-9-10-11-12-13-14-15-16(17-5-2)18-6-3/h9-10,16H,4-6,11-15H2,1-3H3/b10-9-. The first-order valence-corrected chi connectivity index (χ1v) is 7.21. The molecule has 0 aromatic carbocycles. The van der Waals surface area contributed by atoms with E-state index in [9.17, 15) is 0 Å². The van der Waals surface area contributed by atoms with Crippen molar-refractivity contribution in [2.45, 2.75) is 65.6 Å². The van der Waals surface area contributed by atoms with Crippen LogP contribution in [0.15, 0.2) is 12.2 Å². The van der Waals surface area contributed by atoms with Gasteiger partial charge in [-0.25, -0.2) is 0 Å². The van der Waals surface area contributed by atoms with Gasteiger partial charge in [-0.15, -0.1) is 0 Å². The van der Waals surface area contributed by atoms with Gasteiger partial charge in [-0.05, 0) is 45.6 Å². The lowest BCUT2D eigenvalue weighted by Gasteiger charge is -2.16. The number of unbranched alkanes of at least 4 members (excludes halogenated alkanes) is 3. The number of rotatable bonds is 10. The van der Waals surface area contributed by atoms with Crippen molar-refractivity contribution < 1.29 is 9.47 Å². The summed E-state index contributed by atoms with van der Waals surface area (Å²) in [6, 6.07) is 0. The van der Waals surface area contributed by atoms with Crippen LogP contribution in [0.4, 0.5) is 0 Å². The SMILES string of the molecule is CCC#C/C=C\CCCCCC(OCC)OCC. The molecule has 0 spiro atoms. The average molecular weight is 252 g/mol. The minimum absolute atomic E-state index is 0.00837. The predicted octanol–water partition coefficient (Wildman–Crippen LogP) is 4.31. The van der Waals surface area contributed by atoms with Crippen LogP contribution in [0, 0.1) is 11.8 Å². The molecule has 0 bridgehead atoms. The van der Waals surface area contributed by atoms with Crippen LogP contribution < -0.4 is 0 Å². The van der Waals surface area contributed by atoms with Gasteiger partial charge < -0.3 is 9.47 Å². The Morgan fingerprint density at radius 3 is 2.33 bits per heavy atom. The van der Waals surface area contributed by atoms with Gasteiger partial charge in [0.05, 0.1) is 0 Å². The second kappa shape index (κ2) is 14.3. The first kappa shape index (κ1) is 17.2. The van der Waals surface area contributed by atoms with Gasteiger partial charge in [0.2, 0.25) is 0 Å². The quantitative estimate of drug-likeness (QED) is 0.328. The number of hydrogen-bond donors (Lipinski definition) is 0. The zero-order chi connectivity index (χ0) is 13.5. The fourth-order valence-electron chi connectivity index (χ4n) is 1.64. The zero-order valence-electron chi connectivity index (χ0n) is 12.2. The molecule has 18 heavy (non-hydrogen) atoms. The van der Waals surface area contributed by atoms with Crippen LogP contribution in [0.2, 0.25) is 0 Å². The van der Waals surface area contributed by atoms with Gasteiger partial charge in [0.15, 0.2) is 6.29 Å². The summed E-state index contributed by atoms with van der Waals surface area (Å²) in [6.07, 6.45) is 10.8. The Hall–Kier alpha value is -0.780. The van der Waals surface area contributed by atoms with E-state index < -0.39 is 0 Å². The van der Waals surface area contributed by atoms with E-state index in [0.29, 0.717) is 0 Å². The molecule has 0 aliphatic heterocycles. The molecule has 0 rings (SSSR count). The smallest absolute Gasteiger partial charge is 0.157 e. The molecule has 0 fully saturated rings. The fraction of sp³-hybridized carbons (Fsp3) is 0.750. The summed E-state index contributed by atoms with van der Waals surface area (Å²) >= 11 is 0. The van der Waals surface area contributed by atoms with E-state index >= 15 is 0 Å². The molecule has 0 aliphatic carbocycles. The highest BCUT2D eigenvalue weighted by atomic mass is 16.7. The lowest BCUT2D eigenvalue weighted by molar-refractivity contribution is -0.140. The molecule has 2 heteroatoms. The van der Waals surface area contributed by atoms with Gasteiger partial charge in [0.25, 0.3) is 0 Å². The minimum Gasteiger partial charge on any atom is -0.353 e. The summed E-state index contributed by atoms with van der Waals surface area (Å²) in [5.41, 5.74) is 0. The van der Waals surface area contributed by atoms with E-state index in [2.05, 4.69) is 24.8 Å². The predicted molar refractivity (Wildman–Crippen MR) is 77.3 cm³/mol. The molecule has 0 unspecified atom stereocenters. The van der Waals surface area contributed by atoms with Crippen molar-refractivity contribution in [1.82, 2.24) is 0 Å². The van der Waals surface area contributed by atoms with Crippen molar-refractivity contribution in [2.24, 2.45) is 0 Å². The third-order valence-corrected chi connectivity index (χ3v) is 2.50. The van der Waals surface area contributed by atoms with Gasteiger partial charge in [0.1, 0.15) is 0 Å². The second-order valence-electron chi connectivity index (χ2n) is 4.06. The molecule has 2 nitrogen and oxygen atoms in total. The highest BCUT2D eigenvalue weighted by molar-refractivity contribution is 5.14. The van der Waals surface area contributed by atoms with Crippen LogP contribution >= 0.6 is 0 Å². The van der Waals surface area contributed by atoms with E-state index in [1.807, 2.05) is 19.9 Å². The molecular formula is C16H28O2. The summed E-state index contributed by atoms with van der Waals surface area (Å²) in [7, 11) is 0. The number of hydrogen-bond acceptors (Lipinski definition) is 2. The van der Waals surface area contributed by atoms with Gasteiger partial charge in [-0.3, -0.25) is 0 Å². The summed E-state index contributed by atoms with van der Waals surface area (Å²) in [4.78, 5) is 0. The first-order valence-electron chi connectivity index (χ1n) is 7.21. The maximum Gasteiger partial charge on any atom is 0.157 e.